The van der Waals surface area contributed by atoms with Gasteiger partial charge >= 0.3 is 12.1 Å². The number of nitrogens with one attached hydrogen (secondary N) is 2. The second kappa shape index (κ2) is 13.3. The van der Waals surface area contributed by atoms with Crippen LogP contribution in [0.1, 0.15) is 44.6 Å². The Morgan fingerprint density at radius 1 is 1.19 bits per heavy atom. The van der Waals surface area contributed by atoms with Crippen LogP contribution in [-0.2, 0) is 19.1 Å². The minimum Gasteiger partial charge on any atom is -0.488 e. The maximum Gasteiger partial charge on any atom is 0.408 e. The summed E-state index contributed by atoms with van der Waals surface area (Å²) in [6.07, 6.45) is 5.78. The number of unbranched alkanes of at least 4 members (excludes halogenated alkanes) is 1. The second-order valence-corrected chi connectivity index (χ2v) is 12.3. The summed E-state index contributed by atoms with van der Waals surface area (Å²) in [7, 11) is 0. The molecule has 2 unspecified atom stereocenters. The summed E-state index contributed by atoms with van der Waals surface area (Å²) in [5, 5.41) is 16.1. The van der Waals surface area contributed by atoms with Crippen molar-refractivity contribution in [2.24, 2.45) is 5.92 Å². The van der Waals surface area contributed by atoms with Crippen LogP contribution in [0.4, 0.5) is 4.79 Å². The van der Waals surface area contributed by atoms with Crippen LogP contribution in [0.15, 0.2) is 73.3 Å². The topological polar surface area (TPSA) is 147 Å². The fourth-order valence-corrected chi connectivity index (χ4v) is 6.40. The fourth-order valence-electron chi connectivity index (χ4n) is 6.40. The van der Waals surface area contributed by atoms with Gasteiger partial charge in [0.1, 0.15) is 36.1 Å². The number of carbonyl (C=O) groups excluding carboxylic acids is 3. The molecule has 3 aromatic rings. The molecular formula is C36H38N4O7. The summed E-state index contributed by atoms with van der Waals surface area (Å²) >= 11 is 0. The lowest BCUT2D eigenvalue weighted by atomic mass is 10.1. The van der Waals surface area contributed by atoms with Gasteiger partial charge in [-0.15, -0.1) is 6.58 Å². The number of carboxylic acids is 1. The fraction of sp³-hybridized carbons (Fsp3) is 0.361. The van der Waals surface area contributed by atoms with Gasteiger partial charge in [0, 0.05) is 29.4 Å². The number of benzene rings is 2. The van der Waals surface area contributed by atoms with E-state index >= 15 is 0 Å². The predicted octanol–water partition coefficient (Wildman–Crippen LogP) is 4.71. The Morgan fingerprint density at radius 3 is 2.72 bits per heavy atom. The number of carbonyl (C=O) groups is 4. The molecule has 3 N–H and O–H groups in total. The van der Waals surface area contributed by atoms with Gasteiger partial charge in [0.15, 0.2) is 0 Å². The van der Waals surface area contributed by atoms with Crippen molar-refractivity contribution >= 4 is 40.9 Å². The lowest BCUT2D eigenvalue weighted by Gasteiger charge is -2.29. The lowest BCUT2D eigenvalue weighted by molar-refractivity contribution is -0.145. The number of hydrogen-bond donors (Lipinski definition) is 3. The number of ether oxygens (including phenoxy) is 2. The van der Waals surface area contributed by atoms with E-state index in [-0.39, 0.29) is 26.0 Å². The first-order valence-electron chi connectivity index (χ1n) is 16.0. The summed E-state index contributed by atoms with van der Waals surface area (Å²) in [6.45, 7) is 5.71. The molecule has 244 valence electrons. The van der Waals surface area contributed by atoms with Crippen LogP contribution in [0.2, 0.25) is 0 Å². The highest BCUT2D eigenvalue weighted by molar-refractivity contribution is 5.96. The molecule has 1 aliphatic carbocycles. The van der Waals surface area contributed by atoms with Gasteiger partial charge in [0.05, 0.1) is 17.8 Å². The average molecular weight is 639 g/mol. The highest BCUT2D eigenvalue weighted by Gasteiger charge is 2.61. The SMILES string of the molecule is C=CC1CC1(NC(=O)[C@@H]1C[C@@H]2CN1C(=O)[C@@H](CCCC)NC(=O)OC/C=C\c1ccc3nc(-c4ccccc4)cc(c3c1)O2)C(=O)O. The normalized spacial score (nSPS) is 26.2. The molecule has 4 bridgehead atoms. The van der Waals surface area contributed by atoms with Crippen LogP contribution in [0.5, 0.6) is 5.75 Å². The molecule has 2 fully saturated rings. The van der Waals surface area contributed by atoms with E-state index in [4.69, 9.17) is 14.5 Å². The van der Waals surface area contributed by atoms with Crippen LogP contribution >= 0.6 is 0 Å². The molecule has 1 aromatic heterocycles. The van der Waals surface area contributed by atoms with Crippen molar-refractivity contribution in [3.8, 4) is 17.0 Å². The Balaban J connectivity index is 1.40. The van der Waals surface area contributed by atoms with Crippen LogP contribution in [0.3, 0.4) is 0 Å². The predicted molar refractivity (Wildman–Crippen MR) is 175 cm³/mol. The Labute approximate surface area is 272 Å². The zero-order valence-corrected chi connectivity index (χ0v) is 26.2. The minimum atomic E-state index is -1.47. The summed E-state index contributed by atoms with van der Waals surface area (Å²) in [4.78, 5) is 59.2. The number of nitrogens with zero attached hydrogens (tertiary/aromatic N) is 2. The first-order chi connectivity index (χ1) is 22.7. The minimum absolute atomic E-state index is 0.0222. The van der Waals surface area contributed by atoms with Crippen molar-refractivity contribution in [3.05, 3.63) is 78.9 Å². The van der Waals surface area contributed by atoms with E-state index in [1.807, 2.05) is 67.6 Å². The number of rotatable bonds is 8. The van der Waals surface area contributed by atoms with Gasteiger partial charge in [0.25, 0.3) is 0 Å². The molecule has 6 rings (SSSR count). The first kappa shape index (κ1) is 31.8. The summed E-state index contributed by atoms with van der Waals surface area (Å²) in [5.74, 6) is -2.10. The summed E-state index contributed by atoms with van der Waals surface area (Å²) in [6, 6.07) is 15.3. The molecule has 3 aliphatic rings. The Hall–Kier alpha value is -5.19. The number of pyridine rings is 1. The average Bonchev–Trinajstić information content (AvgIpc) is 3.64. The van der Waals surface area contributed by atoms with Crippen molar-refractivity contribution < 1.29 is 33.8 Å². The Morgan fingerprint density at radius 2 is 2.00 bits per heavy atom. The number of aromatic nitrogens is 1. The number of amides is 3. The van der Waals surface area contributed by atoms with E-state index < -0.39 is 53.5 Å². The molecule has 0 spiro atoms. The quantitative estimate of drug-likeness (QED) is 0.301. The molecule has 2 aliphatic heterocycles. The number of hydrogen-bond acceptors (Lipinski definition) is 7. The smallest absolute Gasteiger partial charge is 0.408 e. The molecule has 3 heterocycles. The van der Waals surface area contributed by atoms with E-state index in [0.29, 0.717) is 29.8 Å². The monoisotopic (exact) mass is 638 g/mol. The number of carboxylic acid groups (broad SMARTS) is 1. The highest BCUT2D eigenvalue weighted by atomic mass is 16.5. The molecule has 11 heteroatoms. The van der Waals surface area contributed by atoms with Crippen LogP contribution < -0.4 is 15.4 Å². The molecule has 0 radical (unpaired) electrons. The van der Waals surface area contributed by atoms with E-state index in [1.165, 1.54) is 11.0 Å². The van der Waals surface area contributed by atoms with E-state index in [2.05, 4.69) is 17.2 Å². The maximum atomic E-state index is 14.1. The van der Waals surface area contributed by atoms with E-state index in [9.17, 15) is 24.3 Å². The molecule has 2 aromatic carbocycles. The summed E-state index contributed by atoms with van der Waals surface area (Å²) in [5.41, 5.74) is 1.67. The first-order valence-corrected chi connectivity index (χ1v) is 16.0. The summed E-state index contributed by atoms with van der Waals surface area (Å²) < 4.78 is 12.0. The largest absolute Gasteiger partial charge is 0.488 e. The Bertz CT molecular complexity index is 1740. The second-order valence-electron chi connectivity index (χ2n) is 12.3. The molecule has 3 amide bonds. The van der Waals surface area contributed by atoms with Gasteiger partial charge in [-0.05, 0) is 36.6 Å². The van der Waals surface area contributed by atoms with E-state index in [0.717, 1.165) is 22.9 Å². The number of fused-ring (bicyclic) bond motifs is 3. The molecule has 1 saturated carbocycles. The van der Waals surface area contributed by atoms with Gasteiger partial charge in [0.2, 0.25) is 11.8 Å². The number of aliphatic carboxylic acids is 1. The van der Waals surface area contributed by atoms with Crippen molar-refractivity contribution in [2.75, 3.05) is 13.2 Å². The van der Waals surface area contributed by atoms with Crippen LogP contribution in [0, 0.1) is 5.92 Å². The standard InChI is InChI=1S/C36H38N4O7/c1-3-5-13-28-33(42)40-21-25(18-30(40)32(41)39-36(34(43)44)20-24(36)4-2)47-31-19-29(23-11-7-6-8-12-23)37-27-15-14-22(17-26(27)31)10-9-16-46-35(45)38-28/h4,6-12,14-15,17,19,24-25,28,30H,2-3,5,13,16,18,20-21H2,1H3,(H,38,45)(H,39,41)(H,43,44)/b10-9-/t24?,25-,28-,30+,36?/m1/s1. The zero-order chi connectivity index (χ0) is 33.1. The molecule has 5 atom stereocenters. The van der Waals surface area contributed by atoms with Gasteiger partial charge in [-0.25, -0.2) is 14.6 Å². The molecule has 47 heavy (non-hydrogen) atoms. The molecule has 11 nitrogen and oxygen atoms in total. The van der Waals surface area contributed by atoms with Crippen molar-refractivity contribution in [3.63, 3.8) is 0 Å². The number of alkyl carbamates (subject to hydrolysis) is 1. The Kier molecular flexibility index (Phi) is 8.97. The maximum absolute atomic E-state index is 14.1. The molecule has 1 saturated heterocycles. The van der Waals surface area contributed by atoms with Gasteiger partial charge < -0.3 is 30.1 Å². The van der Waals surface area contributed by atoms with Crippen LogP contribution in [0.25, 0.3) is 28.2 Å². The van der Waals surface area contributed by atoms with E-state index in [1.54, 1.807) is 6.08 Å². The van der Waals surface area contributed by atoms with Gasteiger partial charge in [-0.3, -0.25) is 9.59 Å². The third kappa shape index (κ3) is 6.56. The van der Waals surface area contributed by atoms with Crippen LogP contribution in [-0.4, -0.2) is 75.7 Å². The third-order valence-corrected chi connectivity index (χ3v) is 9.09. The van der Waals surface area contributed by atoms with Crippen molar-refractivity contribution in [2.45, 2.75) is 62.8 Å². The van der Waals surface area contributed by atoms with Crippen molar-refractivity contribution in [1.29, 1.82) is 0 Å². The zero-order valence-electron chi connectivity index (χ0n) is 26.2. The molecular weight excluding hydrogens is 600 g/mol. The number of cyclic esters (lactones) is 1. The highest BCUT2D eigenvalue weighted by Crippen LogP contribution is 2.45. The third-order valence-electron chi connectivity index (χ3n) is 9.09. The van der Waals surface area contributed by atoms with Gasteiger partial charge in [-0.2, -0.15) is 0 Å². The van der Waals surface area contributed by atoms with Crippen molar-refractivity contribution in [1.82, 2.24) is 20.5 Å². The lowest BCUT2D eigenvalue weighted by Crippen LogP contribution is -2.56. The van der Waals surface area contributed by atoms with Gasteiger partial charge in [-0.1, -0.05) is 68.3 Å².